The maximum Gasteiger partial charge on any atom is 0.416 e. The summed E-state index contributed by atoms with van der Waals surface area (Å²) < 4.78 is 49.9. The highest BCUT2D eigenvalue weighted by Crippen LogP contribution is 2.42. The van der Waals surface area contributed by atoms with Crippen molar-refractivity contribution in [3.63, 3.8) is 0 Å². The topological polar surface area (TPSA) is 85.3 Å². The Balaban J connectivity index is 2.70. The normalized spacial score (nSPS) is 17.4. The Morgan fingerprint density at radius 1 is 1.37 bits per heavy atom. The van der Waals surface area contributed by atoms with Crippen molar-refractivity contribution in [2.24, 2.45) is 5.73 Å². The van der Waals surface area contributed by atoms with Crippen LogP contribution in [0.4, 0.5) is 13.2 Å². The van der Waals surface area contributed by atoms with Crippen molar-refractivity contribution in [3.8, 4) is 6.07 Å². The molecule has 0 radical (unpaired) electrons. The predicted octanol–water partition coefficient (Wildman–Crippen LogP) is 4.13. The Kier molecular flexibility index (Phi) is 6.16. The Morgan fingerprint density at radius 3 is 2.63 bits per heavy atom. The van der Waals surface area contributed by atoms with Gasteiger partial charge in [-0.15, -0.1) is 0 Å². The molecular formula is C19H19F3N2O3. The highest BCUT2D eigenvalue weighted by molar-refractivity contribution is 5.92. The average Bonchev–Trinajstić information content (AvgIpc) is 2.61. The smallest absolute Gasteiger partial charge is 0.416 e. The molecule has 1 atom stereocenters. The van der Waals surface area contributed by atoms with E-state index in [0.29, 0.717) is 12.8 Å². The van der Waals surface area contributed by atoms with Crippen molar-refractivity contribution in [2.75, 3.05) is 6.61 Å². The highest BCUT2D eigenvalue weighted by Gasteiger charge is 2.38. The molecule has 8 heteroatoms. The Hall–Kier alpha value is -2.95. The van der Waals surface area contributed by atoms with Crippen LogP contribution >= 0.6 is 0 Å². The lowest BCUT2D eigenvalue weighted by Crippen LogP contribution is -2.26. The number of rotatable bonds is 5. The minimum atomic E-state index is -4.57. The van der Waals surface area contributed by atoms with Gasteiger partial charge in [0.25, 0.3) is 0 Å². The van der Waals surface area contributed by atoms with Crippen LogP contribution in [0, 0.1) is 11.3 Å². The molecule has 0 aliphatic carbocycles. The first-order valence-corrected chi connectivity index (χ1v) is 8.39. The minimum Gasteiger partial charge on any atom is -0.463 e. The molecule has 144 valence electrons. The largest absolute Gasteiger partial charge is 0.463 e. The van der Waals surface area contributed by atoms with Crippen LogP contribution in [0.1, 0.15) is 43.7 Å². The first kappa shape index (κ1) is 20.4. The zero-order valence-electron chi connectivity index (χ0n) is 14.9. The van der Waals surface area contributed by atoms with E-state index in [1.807, 2.05) is 13.0 Å². The zero-order chi connectivity index (χ0) is 20.2. The molecule has 27 heavy (non-hydrogen) atoms. The fraction of sp³-hybridized carbons (Fsp3) is 0.368. The summed E-state index contributed by atoms with van der Waals surface area (Å²) in [4.78, 5) is 12.6. The number of carbonyl (C=O) groups excluding carboxylic acids is 1. The summed E-state index contributed by atoms with van der Waals surface area (Å²) >= 11 is 0. The van der Waals surface area contributed by atoms with Crippen LogP contribution in [-0.2, 0) is 20.4 Å². The molecule has 0 amide bonds. The number of allylic oxidation sites excluding steroid dienone is 2. The van der Waals surface area contributed by atoms with E-state index in [-0.39, 0.29) is 35.0 Å². The van der Waals surface area contributed by atoms with Gasteiger partial charge < -0.3 is 15.2 Å². The molecule has 0 unspecified atom stereocenters. The number of benzene rings is 1. The molecule has 0 fully saturated rings. The fourth-order valence-electron chi connectivity index (χ4n) is 2.89. The molecule has 0 aromatic heterocycles. The quantitative estimate of drug-likeness (QED) is 0.777. The molecule has 5 nitrogen and oxygen atoms in total. The Morgan fingerprint density at radius 2 is 2.07 bits per heavy atom. The summed E-state index contributed by atoms with van der Waals surface area (Å²) in [5.74, 6) is -1.86. The second-order valence-corrected chi connectivity index (χ2v) is 5.86. The fourth-order valence-corrected chi connectivity index (χ4v) is 2.89. The number of nitrogens with zero attached hydrogens (tertiary/aromatic N) is 1. The number of carbonyl (C=O) groups is 1. The van der Waals surface area contributed by atoms with Crippen LogP contribution < -0.4 is 5.73 Å². The highest BCUT2D eigenvalue weighted by atomic mass is 19.4. The number of ether oxygens (including phenoxy) is 2. The number of esters is 1. The molecule has 1 heterocycles. The molecule has 0 saturated carbocycles. The second-order valence-electron chi connectivity index (χ2n) is 5.86. The van der Waals surface area contributed by atoms with Gasteiger partial charge in [-0.05, 0) is 25.0 Å². The second kappa shape index (κ2) is 8.16. The van der Waals surface area contributed by atoms with E-state index in [2.05, 4.69) is 0 Å². The van der Waals surface area contributed by atoms with E-state index in [1.165, 1.54) is 12.1 Å². The third-order valence-electron chi connectivity index (χ3n) is 4.02. The van der Waals surface area contributed by atoms with Crippen molar-refractivity contribution in [2.45, 2.75) is 38.8 Å². The lowest BCUT2D eigenvalue weighted by Gasteiger charge is -2.28. The van der Waals surface area contributed by atoms with Crippen LogP contribution in [0.2, 0.25) is 0 Å². The van der Waals surface area contributed by atoms with E-state index in [9.17, 15) is 23.2 Å². The van der Waals surface area contributed by atoms with Gasteiger partial charge in [-0.2, -0.15) is 18.4 Å². The first-order chi connectivity index (χ1) is 12.7. The summed E-state index contributed by atoms with van der Waals surface area (Å²) in [6.07, 6.45) is -3.64. The van der Waals surface area contributed by atoms with E-state index >= 15 is 0 Å². The van der Waals surface area contributed by atoms with Gasteiger partial charge in [0.05, 0.1) is 23.7 Å². The minimum absolute atomic E-state index is 0.00349. The third kappa shape index (κ3) is 4.25. The van der Waals surface area contributed by atoms with Crippen molar-refractivity contribution < 1.29 is 27.4 Å². The van der Waals surface area contributed by atoms with Crippen LogP contribution in [0.25, 0.3) is 0 Å². The summed E-state index contributed by atoms with van der Waals surface area (Å²) in [6, 6.07) is 6.32. The lowest BCUT2D eigenvalue weighted by atomic mass is 9.82. The summed E-state index contributed by atoms with van der Waals surface area (Å²) in [6.45, 7) is 3.52. The first-order valence-electron chi connectivity index (χ1n) is 8.39. The van der Waals surface area contributed by atoms with Gasteiger partial charge in [-0.1, -0.05) is 25.1 Å². The van der Waals surface area contributed by atoms with Gasteiger partial charge in [-0.3, -0.25) is 0 Å². The molecule has 0 bridgehead atoms. The van der Waals surface area contributed by atoms with E-state index < -0.39 is 23.6 Å². The summed E-state index contributed by atoms with van der Waals surface area (Å²) in [7, 11) is 0. The number of hydrogen-bond donors (Lipinski definition) is 1. The molecule has 1 aromatic carbocycles. The maximum absolute atomic E-state index is 13.1. The average molecular weight is 380 g/mol. The lowest BCUT2D eigenvalue weighted by molar-refractivity contribution is -0.139. The van der Waals surface area contributed by atoms with E-state index in [0.717, 1.165) is 12.1 Å². The van der Waals surface area contributed by atoms with Gasteiger partial charge in [0.1, 0.15) is 17.4 Å². The predicted molar refractivity (Wildman–Crippen MR) is 90.7 cm³/mol. The number of nitriles is 1. The van der Waals surface area contributed by atoms with E-state index in [1.54, 1.807) is 6.92 Å². The molecule has 2 N–H and O–H groups in total. The van der Waals surface area contributed by atoms with Gasteiger partial charge in [-0.25, -0.2) is 4.79 Å². The van der Waals surface area contributed by atoms with Gasteiger partial charge in [0, 0.05) is 6.42 Å². The molecule has 1 aliphatic heterocycles. The van der Waals surface area contributed by atoms with Crippen molar-refractivity contribution in [3.05, 3.63) is 58.2 Å². The van der Waals surface area contributed by atoms with Gasteiger partial charge in [0.15, 0.2) is 0 Å². The third-order valence-corrected chi connectivity index (χ3v) is 4.02. The number of hydrogen-bond acceptors (Lipinski definition) is 5. The molecule has 2 rings (SSSR count). The van der Waals surface area contributed by atoms with Crippen molar-refractivity contribution in [1.82, 2.24) is 0 Å². The molecule has 1 aliphatic rings. The number of halogens is 3. The van der Waals surface area contributed by atoms with Crippen molar-refractivity contribution >= 4 is 5.97 Å². The van der Waals surface area contributed by atoms with Crippen molar-refractivity contribution in [1.29, 1.82) is 5.26 Å². The van der Waals surface area contributed by atoms with Gasteiger partial charge >= 0.3 is 12.1 Å². The van der Waals surface area contributed by atoms with Crippen LogP contribution in [0.3, 0.4) is 0 Å². The number of alkyl halides is 3. The van der Waals surface area contributed by atoms with Crippen LogP contribution in [0.15, 0.2) is 47.1 Å². The molecule has 0 saturated heterocycles. The van der Waals surface area contributed by atoms with Crippen LogP contribution in [0.5, 0.6) is 0 Å². The standard InChI is InChI=1S/C19H19F3N2O3/c1-3-6-14-16(18(25)26-4-2)15(13(10-23)17(24)27-14)11-7-5-8-12(9-11)19(20,21)22/h5,7-9,15H,3-4,6,24H2,1-2H3/t15-/m1/s1. The van der Waals surface area contributed by atoms with Crippen LogP contribution in [-0.4, -0.2) is 12.6 Å². The van der Waals surface area contributed by atoms with Gasteiger partial charge in [0.2, 0.25) is 5.88 Å². The Labute approximate surface area is 154 Å². The monoisotopic (exact) mass is 380 g/mol. The molecule has 1 aromatic rings. The molecular weight excluding hydrogens is 361 g/mol. The summed E-state index contributed by atoms with van der Waals surface area (Å²) in [5, 5.41) is 9.50. The van der Waals surface area contributed by atoms with E-state index in [4.69, 9.17) is 15.2 Å². The Bertz CT molecular complexity index is 835. The number of nitrogens with two attached hydrogens (primary N) is 1. The zero-order valence-corrected chi connectivity index (χ0v) is 14.9. The SMILES string of the molecule is CCCC1=C(C(=O)OCC)[C@H](c2cccc(C(F)(F)F)c2)C(C#N)=C(N)O1. The summed E-state index contributed by atoms with van der Waals surface area (Å²) in [5.41, 5.74) is 4.93. The maximum atomic E-state index is 13.1. The molecule has 0 spiro atoms.